The van der Waals surface area contributed by atoms with Crippen molar-refractivity contribution in [3.63, 3.8) is 0 Å². The Morgan fingerprint density at radius 2 is 0.521 bits per heavy atom. The number of ether oxygens (including phenoxy) is 4. The van der Waals surface area contributed by atoms with Gasteiger partial charge in [0.2, 0.25) is 0 Å². The van der Waals surface area contributed by atoms with E-state index in [0.29, 0.717) is 32.1 Å². The summed E-state index contributed by atoms with van der Waals surface area (Å²) in [7, 11) is -9.95. The fraction of sp³-hybridized carbons (Fsp3) is 0.792. The monoisotopic (exact) mass is 1400 g/mol. The number of allylic oxidation sites excluding steroid dienone is 12. The maximum absolute atomic E-state index is 13.1. The number of hydrogen-bond acceptors (Lipinski definition) is 15. The van der Waals surface area contributed by atoms with Gasteiger partial charge in [0.25, 0.3) is 0 Å². The van der Waals surface area contributed by atoms with Crippen molar-refractivity contribution in [1.82, 2.24) is 0 Å². The number of phosphoric ester groups is 2. The number of esters is 4. The number of rotatable bonds is 72. The molecule has 0 saturated carbocycles. The first kappa shape index (κ1) is 92.5. The van der Waals surface area contributed by atoms with E-state index in [1.54, 1.807) is 0 Å². The van der Waals surface area contributed by atoms with E-state index in [-0.39, 0.29) is 25.7 Å². The zero-order valence-corrected chi connectivity index (χ0v) is 62.6. The fourth-order valence-corrected chi connectivity index (χ4v) is 11.8. The van der Waals surface area contributed by atoms with Gasteiger partial charge in [-0.3, -0.25) is 37.3 Å². The minimum Gasteiger partial charge on any atom is -0.462 e. The topological polar surface area (TPSA) is 237 Å². The first-order valence-electron chi connectivity index (χ1n) is 38.2. The van der Waals surface area contributed by atoms with E-state index in [1.165, 1.54) is 128 Å². The van der Waals surface area contributed by atoms with Crippen molar-refractivity contribution in [2.24, 2.45) is 0 Å². The summed E-state index contributed by atoms with van der Waals surface area (Å²) in [6.45, 7) is 4.77. The molecule has 0 amide bonds. The van der Waals surface area contributed by atoms with Crippen LogP contribution in [0.2, 0.25) is 0 Å². The summed E-state index contributed by atoms with van der Waals surface area (Å²) < 4.78 is 68.4. The molecule has 0 heterocycles. The lowest BCUT2D eigenvalue weighted by atomic mass is 10.0. The lowest BCUT2D eigenvalue weighted by Gasteiger charge is -2.21. The van der Waals surface area contributed by atoms with E-state index in [0.717, 1.165) is 122 Å². The van der Waals surface area contributed by atoms with E-state index in [1.807, 2.05) is 12.2 Å². The highest BCUT2D eigenvalue weighted by molar-refractivity contribution is 7.47. The molecule has 0 bridgehead atoms. The van der Waals surface area contributed by atoms with Crippen LogP contribution in [0.15, 0.2) is 72.9 Å². The van der Waals surface area contributed by atoms with E-state index in [2.05, 4.69) is 88.5 Å². The fourth-order valence-electron chi connectivity index (χ4n) is 10.3. The molecule has 17 nitrogen and oxygen atoms in total. The molecular formula is C77H138O17P2. The Balaban J connectivity index is 5.38. The maximum Gasteiger partial charge on any atom is 0.472 e. The SMILES string of the molecule is CCCCC/C=C\C/C=C\C/C=C\C/C=C\CCCC(=O)O[C@H](COC(=O)CCCCCCCCCCCCCCC)COP(=O)(O)OC[C@@H](O)COP(=O)(O)OC[C@@H](COC(=O)CCCCCCC/C=C\CCCCCC)OC(=O)CCCCCCC/C=C\CCCCCC. The quantitative estimate of drug-likeness (QED) is 0.0169. The molecule has 0 aromatic carbocycles. The van der Waals surface area contributed by atoms with Crippen molar-refractivity contribution in [2.75, 3.05) is 39.6 Å². The predicted molar refractivity (Wildman–Crippen MR) is 390 cm³/mol. The molecule has 5 atom stereocenters. The van der Waals surface area contributed by atoms with Crippen LogP contribution < -0.4 is 0 Å². The standard InChI is InChI=1S/C77H138O17P2/c1-5-9-13-17-21-25-29-33-34-35-36-40-44-48-52-56-60-64-77(82)94-73(68-88-75(80)62-58-54-50-46-42-38-31-27-23-19-15-11-7-3)70-92-96(85,86)90-66-71(78)65-89-95(83,84)91-69-72(93-76(81)63-59-55-51-47-43-39-32-28-24-20-16-12-8-4)67-87-74(79)61-57-53-49-45-41-37-30-26-22-18-14-10-6-2/h21,25-26,28,30,32-34,36,40,48,52,71-73,78H,5-20,22-24,27,29,31,35,37-39,41-47,49-51,53-70H2,1-4H3,(H,83,84)(H,85,86)/b25-21-,30-26-,32-28-,34-33-,40-36-,52-48-/t71-,72+,73+/m0/s1. The van der Waals surface area contributed by atoms with Gasteiger partial charge >= 0.3 is 39.5 Å². The molecule has 0 spiro atoms. The Morgan fingerprint density at radius 3 is 0.865 bits per heavy atom. The Hall–Kier alpha value is -3.50. The second-order valence-electron chi connectivity index (χ2n) is 25.6. The predicted octanol–water partition coefficient (Wildman–Crippen LogP) is 21.7. The van der Waals surface area contributed by atoms with E-state index in [9.17, 15) is 43.2 Å². The van der Waals surface area contributed by atoms with Crippen molar-refractivity contribution in [3.8, 4) is 0 Å². The Bertz CT molecular complexity index is 2110. The van der Waals surface area contributed by atoms with Crippen LogP contribution in [0.3, 0.4) is 0 Å². The number of carbonyl (C=O) groups is 4. The van der Waals surface area contributed by atoms with Crippen LogP contribution in [0.4, 0.5) is 0 Å². The molecule has 0 radical (unpaired) electrons. The van der Waals surface area contributed by atoms with Gasteiger partial charge < -0.3 is 33.8 Å². The van der Waals surface area contributed by atoms with Crippen LogP contribution in [0.5, 0.6) is 0 Å². The largest absolute Gasteiger partial charge is 0.472 e. The second kappa shape index (κ2) is 70.0. The molecule has 0 aromatic rings. The highest BCUT2D eigenvalue weighted by atomic mass is 31.2. The van der Waals surface area contributed by atoms with E-state index < -0.39 is 97.5 Å². The smallest absolute Gasteiger partial charge is 0.462 e. The molecule has 558 valence electrons. The van der Waals surface area contributed by atoms with Gasteiger partial charge in [-0.2, -0.15) is 0 Å². The minimum absolute atomic E-state index is 0.0227. The third kappa shape index (κ3) is 69.0. The van der Waals surface area contributed by atoms with Crippen molar-refractivity contribution in [2.45, 2.75) is 354 Å². The number of carbonyl (C=O) groups excluding carboxylic acids is 4. The Labute approximate surface area is 583 Å². The Morgan fingerprint density at radius 1 is 0.292 bits per heavy atom. The van der Waals surface area contributed by atoms with E-state index in [4.69, 9.17) is 37.0 Å². The van der Waals surface area contributed by atoms with Crippen LogP contribution >= 0.6 is 15.6 Å². The van der Waals surface area contributed by atoms with Crippen LogP contribution in [0, 0.1) is 0 Å². The van der Waals surface area contributed by atoms with Gasteiger partial charge in [-0.15, -0.1) is 0 Å². The van der Waals surface area contributed by atoms with Crippen LogP contribution in [-0.2, 0) is 65.4 Å². The van der Waals surface area contributed by atoms with Gasteiger partial charge in [-0.1, -0.05) is 268 Å². The summed E-state index contributed by atoms with van der Waals surface area (Å²) in [4.78, 5) is 72.7. The molecule has 3 N–H and O–H groups in total. The second-order valence-corrected chi connectivity index (χ2v) is 28.5. The molecule has 0 aliphatic carbocycles. The molecular weight excluding hydrogens is 1260 g/mol. The molecule has 19 heteroatoms. The number of hydrogen-bond donors (Lipinski definition) is 3. The van der Waals surface area contributed by atoms with Gasteiger partial charge in [0.15, 0.2) is 12.2 Å². The first-order chi connectivity index (χ1) is 46.7. The number of unbranched alkanes of at least 4 members (excludes halogenated alkanes) is 34. The van der Waals surface area contributed by atoms with Crippen molar-refractivity contribution in [3.05, 3.63) is 72.9 Å². The number of aliphatic hydroxyl groups excluding tert-OH is 1. The molecule has 0 fully saturated rings. The molecule has 0 aliphatic rings. The van der Waals surface area contributed by atoms with Gasteiger partial charge in [0.1, 0.15) is 19.3 Å². The van der Waals surface area contributed by atoms with Crippen LogP contribution in [0.1, 0.15) is 336 Å². The van der Waals surface area contributed by atoms with Crippen LogP contribution in [0.25, 0.3) is 0 Å². The minimum atomic E-state index is -4.98. The highest BCUT2D eigenvalue weighted by Gasteiger charge is 2.30. The average molecular weight is 1400 g/mol. The number of phosphoric acid groups is 2. The zero-order valence-electron chi connectivity index (χ0n) is 60.8. The molecule has 0 aliphatic heterocycles. The third-order valence-electron chi connectivity index (χ3n) is 16.1. The molecule has 0 rings (SSSR count). The summed E-state index contributed by atoms with van der Waals surface area (Å²) in [5.41, 5.74) is 0. The molecule has 0 aromatic heterocycles. The maximum atomic E-state index is 13.1. The van der Waals surface area contributed by atoms with Gasteiger partial charge in [0.05, 0.1) is 26.4 Å². The van der Waals surface area contributed by atoms with Gasteiger partial charge in [-0.05, 0) is 116 Å². The Kier molecular flexibility index (Phi) is 67.4. The summed E-state index contributed by atoms with van der Waals surface area (Å²) in [6, 6.07) is 0. The lowest BCUT2D eigenvalue weighted by molar-refractivity contribution is -0.161. The summed E-state index contributed by atoms with van der Waals surface area (Å²) >= 11 is 0. The van der Waals surface area contributed by atoms with E-state index >= 15 is 0 Å². The van der Waals surface area contributed by atoms with Crippen molar-refractivity contribution in [1.29, 1.82) is 0 Å². The molecule has 0 saturated heterocycles. The summed E-state index contributed by atoms with van der Waals surface area (Å²) in [5, 5.41) is 10.6. The molecule has 96 heavy (non-hydrogen) atoms. The van der Waals surface area contributed by atoms with Crippen molar-refractivity contribution >= 4 is 39.5 Å². The first-order valence-corrected chi connectivity index (χ1v) is 41.2. The lowest BCUT2D eigenvalue weighted by Crippen LogP contribution is -2.30. The summed E-state index contributed by atoms with van der Waals surface area (Å²) in [6.07, 6.45) is 69.0. The highest BCUT2D eigenvalue weighted by Crippen LogP contribution is 2.45. The van der Waals surface area contributed by atoms with Gasteiger partial charge in [0, 0.05) is 25.7 Å². The van der Waals surface area contributed by atoms with Crippen molar-refractivity contribution < 1.29 is 80.2 Å². The molecule has 2 unspecified atom stereocenters. The third-order valence-corrected chi connectivity index (χ3v) is 18.0. The van der Waals surface area contributed by atoms with Gasteiger partial charge in [-0.25, -0.2) is 9.13 Å². The zero-order chi connectivity index (χ0) is 70.4. The average Bonchev–Trinajstić information content (AvgIpc) is 1.26. The van der Waals surface area contributed by atoms with Crippen LogP contribution in [-0.4, -0.2) is 96.7 Å². The number of aliphatic hydroxyl groups is 1. The normalized spacial score (nSPS) is 14.4. The summed E-state index contributed by atoms with van der Waals surface area (Å²) in [5.74, 6) is -2.24.